The van der Waals surface area contributed by atoms with Crippen molar-refractivity contribution in [2.24, 2.45) is 0 Å². The molecule has 1 unspecified atom stereocenters. The molecular formula is C16H13NO2S. The zero-order valence-corrected chi connectivity index (χ0v) is 11.5. The van der Waals surface area contributed by atoms with Crippen LogP contribution >= 0.6 is 0 Å². The SMILES string of the molecule is C#C[C@@H]1[C@@H](c2ccccc2)N1S(=O)(=O)c1ccccc1. The summed E-state index contributed by atoms with van der Waals surface area (Å²) in [5.41, 5.74) is 0.926. The van der Waals surface area contributed by atoms with Gasteiger partial charge in [-0.1, -0.05) is 54.5 Å². The molecule has 1 aliphatic heterocycles. The van der Waals surface area contributed by atoms with Gasteiger partial charge in [-0.25, -0.2) is 8.42 Å². The van der Waals surface area contributed by atoms with Gasteiger partial charge in [-0.15, -0.1) is 6.42 Å². The molecule has 0 spiro atoms. The van der Waals surface area contributed by atoms with Crippen molar-refractivity contribution in [2.45, 2.75) is 17.0 Å². The molecule has 100 valence electrons. The van der Waals surface area contributed by atoms with Gasteiger partial charge in [0.25, 0.3) is 0 Å². The molecule has 4 heteroatoms. The van der Waals surface area contributed by atoms with Crippen molar-refractivity contribution in [2.75, 3.05) is 0 Å². The second kappa shape index (κ2) is 4.78. The van der Waals surface area contributed by atoms with E-state index < -0.39 is 16.1 Å². The van der Waals surface area contributed by atoms with E-state index in [1.807, 2.05) is 30.3 Å². The fraction of sp³-hybridized carbons (Fsp3) is 0.125. The van der Waals surface area contributed by atoms with E-state index in [9.17, 15) is 8.42 Å². The Labute approximate surface area is 118 Å². The van der Waals surface area contributed by atoms with Crippen molar-refractivity contribution in [3.8, 4) is 12.3 Å². The molecular weight excluding hydrogens is 270 g/mol. The number of benzene rings is 2. The van der Waals surface area contributed by atoms with Gasteiger partial charge in [0.05, 0.1) is 10.9 Å². The highest BCUT2D eigenvalue weighted by atomic mass is 32.2. The van der Waals surface area contributed by atoms with E-state index in [1.165, 1.54) is 4.31 Å². The largest absolute Gasteiger partial charge is 0.244 e. The van der Waals surface area contributed by atoms with Crippen LogP contribution in [0.5, 0.6) is 0 Å². The Kier molecular flexibility index (Phi) is 3.09. The van der Waals surface area contributed by atoms with Crippen molar-refractivity contribution < 1.29 is 8.42 Å². The Morgan fingerprint density at radius 1 is 0.950 bits per heavy atom. The molecule has 2 aromatic carbocycles. The van der Waals surface area contributed by atoms with Crippen LogP contribution in [-0.4, -0.2) is 18.8 Å². The van der Waals surface area contributed by atoms with Gasteiger partial charge in [0.15, 0.2) is 0 Å². The molecule has 3 rings (SSSR count). The lowest BCUT2D eigenvalue weighted by Crippen LogP contribution is -2.14. The Morgan fingerprint density at radius 2 is 1.50 bits per heavy atom. The first kappa shape index (κ1) is 12.9. The predicted molar refractivity (Wildman–Crippen MR) is 77.3 cm³/mol. The Morgan fingerprint density at radius 3 is 2.05 bits per heavy atom. The first-order chi connectivity index (χ1) is 9.66. The van der Waals surface area contributed by atoms with Gasteiger partial charge >= 0.3 is 0 Å². The number of sulfonamides is 1. The summed E-state index contributed by atoms with van der Waals surface area (Å²) >= 11 is 0. The molecule has 0 aromatic heterocycles. The van der Waals surface area contributed by atoms with Gasteiger partial charge in [0, 0.05) is 0 Å². The molecule has 0 N–H and O–H groups in total. The second-order valence-corrected chi connectivity index (χ2v) is 6.46. The minimum absolute atomic E-state index is 0.258. The maximum atomic E-state index is 12.6. The van der Waals surface area contributed by atoms with Gasteiger partial charge in [0.1, 0.15) is 6.04 Å². The van der Waals surface area contributed by atoms with Crippen molar-refractivity contribution in [1.29, 1.82) is 0 Å². The van der Waals surface area contributed by atoms with Crippen LogP contribution in [-0.2, 0) is 10.0 Å². The van der Waals surface area contributed by atoms with Crippen molar-refractivity contribution >= 4 is 10.0 Å². The van der Waals surface area contributed by atoms with E-state index in [0.717, 1.165) is 5.56 Å². The maximum Gasteiger partial charge on any atom is 0.244 e. The summed E-state index contributed by atoms with van der Waals surface area (Å²) in [6.45, 7) is 0. The van der Waals surface area contributed by atoms with Crippen LogP contribution in [0.25, 0.3) is 0 Å². The fourth-order valence-electron chi connectivity index (χ4n) is 2.37. The van der Waals surface area contributed by atoms with Gasteiger partial charge in [-0.05, 0) is 17.7 Å². The average molecular weight is 283 g/mol. The van der Waals surface area contributed by atoms with Crippen molar-refractivity contribution in [1.82, 2.24) is 4.31 Å². The summed E-state index contributed by atoms with van der Waals surface area (Å²) in [6, 6.07) is 17.2. The first-order valence-electron chi connectivity index (χ1n) is 6.26. The van der Waals surface area contributed by atoms with Crippen LogP contribution in [0.4, 0.5) is 0 Å². The standard InChI is InChI=1S/C16H13NO2S/c1-2-15-16(13-9-5-3-6-10-13)17(15)20(18,19)14-11-7-4-8-12-14/h1,3-12,15-16H/t15-,16-,17?/m1/s1. The van der Waals surface area contributed by atoms with Gasteiger partial charge < -0.3 is 0 Å². The minimum atomic E-state index is -3.53. The Bertz CT molecular complexity index is 748. The molecule has 20 heavy (non-hydrogen) atoms. The van der Waals surface area contributed by atoms with E-state index in [1.54, 1.807) is 30.3 Å². The van der Waals surface area contributed by atoms with Gasteiger partial charge in [0.2, 0.25) is 10.0 Å². The lowest BCUT2D eigenvalue weighted by Gasteiger charge is -2.05. The third-order valence-electron chi connectivity index (χ3n) is 3.39. The van der Waals surface area contributed by atoms with Crippen LogP contribution in [0.1, 0.15) is 11.6 Å². The van der Waals surface area contributed by atoms with E-state index >= 15 is 0 Å². The summed E-state index contributed by atoms with van der Waals surface area (Å²) < 4.78 is 26.5. The topological polar surface area (TPSA) is 37.1 Å². The molecule has 0 saturated carbocycles. The number of rotatable bonds is 3. The van der Waals surface area contributed by atoms with Crippen LogP contribution < -0.4 is 0 Å². The van der Waals surface area contributed by atoms with E-state index in [-0.39, 0.29) is 10.9 Å². The smallest absolute Gasteiger partial charge is 0.207 e. The lowest BCUT2D eigenvalue weighted by molar-refractivity contribution is 0.551. The number of nitrogens with zero attached hydrogens (tertiary/aromatic N) is 1. The molecule has 2 aromatic rings. The van der Waals surface area contributed by atoms with Crippen molar-refractivity contribution in [3.63, 3.8) is 0 Å². The first-order valence-corrected chi connectivity index (χ1v) is 7.70. The molecule has 3 atom stereocenters. The fourth-order valence-corrected chi connectivity index (χ4v) is 4.07. The highest BCUT2D eigenvalue weighted by Crippen LogP contribution is 2.47. The molecule has 0 bridgehead atoms. The highest BCUT2D eigenvalue weighted by Gasteiger charge is 2.55. The monoisotopic (exact) mass is 283 g/mol. The Balaban J connectivity index is 1.98. The maximum absolute atomic E-state index is 12.6. The normalized spacial score (nSPS) is 24.9. The summed E-state index contributed by atoms with van der Waals surface area (Å²) in [4.78, 5) is 0.277. The second-order valence-electron chi connectivity index (χ2n) is 4.62. The van der Waals surface area contributed by atoms with Crippen LogP contribution in [0.3, 0.4) is 0 Å². The number of terminal acetylenes is 1. The zero-order chi connectivity index (χ0) is 14.2. The lowest BCUT2D eigenvalue weighted by atomic mass is 10.1. The summed E-state index contributed by atoms with van der Waals surface area (Å²) in [5, 5.41) is 0. The molecule has 3 nitrogen and oxygen atoms in total. The van der Waals surface area contributed by atoms with Crippen molar-refractivity contribution in [3.05, 3.63) is 66.2 Å². The van der Waals surface area contributed by atoms with E-state index in [2.05, 4.69) is 5.92 Å². The van der Waals surface area contributed by atoms with E-state index in [4.69, 9.17) is 6.42 Å². The predicted octanol–water partition coefficient (Wildman–Crippen LogP) is 2.43. The van der Waals surface area contributed by atoms with Crippen LogP contribution in [0, 0.1) is 12.3 Å². The Hall–Kier alpha value is -2.09. The van der Waals surface area contributed by atoms with Crippen LogP contribution in [0.2, 0.25) is 0 Å². The van der Waals surface area contributed by atoms with Gasteiger partial charge in [-0.2, -0.15) is 4.31 Å². The summed E-state index contributed by atoms with van der Waals surface area (Å²) in [7, 11) is -3.53. The molecule has 1 saturated heterocycles. The average Bonchev–Trinajstić information content (AvgIpc) is 3.24. The number of hydrogen-bond donors (Lipinski definition) is 0. The van der Waals surface area contributed by atoms with E-state index in [0.29, 0.717) is 0 Å². The third-order valence-corrected chi connectivity index (χ3v) is 5.27. The summed E-state index contributed by atoms with van der Waals surface area (Å²) in [5.74, 6) is 2.56. The minimum Gasteiger partial charge on any atom is -0.207 e. The molecule has 1 heterocycles. The third kappa shape index (κ3) is 2.01. The molecule has 0 amide bonds. The molecule has 1 fully saturated rings. The molecule has 0 aliphatic carbocycles. The zero-order valence-electron chi connectivity index (χ0n) is 10.7. The number of hydrogen-bond acceptors (Lipinski definition) is 2. The van der Waals surface area contributed by atoms with Gasteiger partial charge in [-0.3, -0.25) is 0 Å². The molecule has 1 aliphatic rings. The quantitative estimate of drug-likeness (QED) is 0.641. The highest BCUT2D eigenvalue weighted by molar-refractivity contribution is 7.89. The molecule has 0 radical (unpaired) electrons. The van der Waals surface area contributed by atoms with Crippen LogP contribution in [0.15, 0.2) is 65.6 Å². The summed E-state index contributed by atoms with van der Waals surface area (Å²) in [6.07, 6.45) is 5.47.